The maximum atomic E-state index is 13.4. The Kier molecular flexibility index (Phi) is 6.12. The summed E-state index contributed by atoms with van der Waals surface area (Å²) in [5.41, 5.74) is 4.05. The van der Waals surface area contributed by atoms with Gasteiger partial charge in [-0.3, -0.25) is 29.3 Å². The highest BCUT2D eigenvalue weighted by atomic mass is 16.2. The van der Waals surface area contributed by atoms with E-state index in [4.69, 9.17) is 5.10 Å². The monoisotopic (exact) mass is 512 g/mol. The highest BCUT2D eigenvalue weighted by Crippen LogP contribution is 2.42. The van der Waals surface area contributed by atoms with E-state index >= 15 is 0 Å². The van der Waals surface area contributed by atoms with Crippen LogP contribution in [0, 0.1) is 11.3 Å². The van der Waals surface area contributed by atoms with Gasteiger partial charge in [0, 0.05) is 30.0 Å². The van der Waals surface area contributed by atoms with Crippen molar-refractivity contribution in [1.29, 1.82) is 0 Å². The predicted octanol–water partition coefficient (Wildman–Crippen LogP) is 5.56. The molecule has 3 aromatic rings. The Morgan fingerprint density at radius 3 is 2.53 bits per heavy atom. The molecule has 7 heteroatoms. The molecule has 0 radical (unpaired) electrons. The summed E-state index contributed by atoms with van der Waals surface area (Å²) in [7, 11) is 0. The molecule has 1 saturated carbocycles. The first-order valence-electron chi connectivity index (χ1n) is 13.9. The topological polar surface area (TPSA) is 84.3 Å². The molecular formula is C31H36N4O3. The van der Waals surface area contributed by atoms with Gasteiger partial charge in [-0.25, -0.2) is 0 Å². The Morgan fingerprint density at radius 2 is 1.79 bits per heavy atom. The number of hydrogen-bond acceptors (Lipinski definition) is 4. The van der Waals surface area contributed by atoms with Crippen molar-refractivity contribution in [2.75, 3.05) is 4.90 Å². The second-order valence-corrected chi connectivity index (χ2v) is 12.6. The van der Waals surface area contributed by atoms with E-state index in [2.05, 4.69) is 49.1 Å². The number of amides is 3. The Morgan fingerprint density at radius 1 is 1.00 bits per heavy atom. The molecule has 3 aliphatic rings. The number of nitrogens with zero attached hydrogens (tertiary/aromatic N) is 3. The maximum Gasteiger partial charge on any atom is 0.259 e. The lowest BCUT2D eigenvalue weighted by Gasteiger charge is -2.32. The lowest BCUT2D eigenvalue weighted by atomic mass is 9.76. The molecule has 1 atom stereocenters. The largest absolute Gasteiger partial charge is 0.295 e. The fraction of sp³-hybridized carbons (Fsp3) is 0.484. The summed E-state index contributed by atoms with van der Waals surface area (Å²) < 4.78 is 2.16. The van der Waals surface area contributed by atoms with Crippen molar-refractivity contribution in [3.63, 3.8) is 0 Å². The van der Waals surface area contributed by atoms with Gasteiger partial charge in [0.1, 0.15) is 6.04 Å². The van der Waals surface area contributed by atoms with Gasteiger partial charge in [0.2, 0.25) is 11.8 Å². The summed E-state index contributed by atoms with van der Waals surface area (Å²) >= 11 is 0. The molecule has 2 aliphatic heterocycles. The van der Waals surface area contributed by atoms with E-state index in [9.17, 15) is 14.4 Å². The number of anilines is 1. The minimum Gasteiger partial charge on any atom is -0.295 e. The van der Waals surface area contributed by atoms with Gasteiger partial charge in [-0.2, -0.15) is 5.10 Å². The minimum absolute atomic E-state index is 0.174. The first-order valence-corrected chi connectivity index (χ1v) is 13.9. The Bertz CT molecular complexity index is 1420. The number of benzene rings is 2. The first-order chi connectivity index (χ1) is 18.2. The Hall–Kier alpha value is -3.48. The van der Waals surface area contributed by atoms with Crippen LogP contribution < -0.4 is 10.2 Å². The number of carbonyl (C=O) groups is 3. The van der Waals surface area contributed by atoms with E-state index in [1.165, 1.54) is 32.1 Å². The van der Waals surface area contributed by atoms with Crippen LogP contribution in [0.15, 0.2) is 42.7 Å². The summed E-state index contributed by atoms with van der Waals surface area (Å²) in [6, 6.07) is 9.62. The molecule has 38 heavy (non-hydrogen) atoms. The van der Waals surface area contributed by atoms with E-state index in [-0.39, 0.29) is 18.2 Å². The number of hydrogen-bond donors (Lipinski definition) is 1. The number of carbonyl (C=O) groups excluding carboxylic acids is 3. The van der Waals surface area contributed by atoms with E-state index < -0.39 is 11.9 Å². The van der Waals surface area contributed by atoms with Gasteiger partial charge in [0.15, 0.2) is 0 Å². The van der Waals surface area contributed by atoms with Gasteiger partial charge in [-0.1, -0.05) is 39.0 Å². The van der Waals surface area contributed by atoms with E-state index in [0.717, 1.165) is 39.9 Å². The minimum atomic E-state index is -0.668. The second-order valence-electron chi connectivity index (χ2n) is 12.6. The lowest BCUT2D eigenvalue weighted by Crippen LogP contribution is -2.53. The maximum absolute atomic E-state index is 13.4. The van der Waals surface area contributed by atoms with Crippen LogP contribution in [0.4, 0.5) is 5.69 Å². The molecule has 1 saturated heterocycles. The summed E-state index contributed by atoms with van der Waals surface area (Å²) in [4.78, 5) is 39.2. The normalized spacial score (nSPS) is 23.8. The SMILES string of the molecule is CC(C)(C)CC1CCC(n2cc(Cc3ccc4c5c(cccc35)C(=O)N4C3CCC(=O)NC3=O)cn2)CC1. The van der Waals surface area contributed by atoms with Crippen molar-refractivity contribution in [1.82, 2.24) is 15.1 Å². The fourth-order valence-corrected chi connectivity index (χ4v) is 6.83. The van der Waals surface area contributed by atoms with Gasteiger partial charge in [0.05, 0.1) is 17.9 Å². The standard InChI is InChI=1S/C31H36N4O3/c1-31(2,3)16-19-7-10-22(11-8-19)34-18-20(17-32-34)15-21-9-12-25-28-23(21)5-4-6-24(28)30(38)35(25)26-13-14-27(36)33-29(26)37/h4-6,9,12,17-19,22,26H,7-8,10-11,13-16H2,1-3H3,(H,33,36,37). The lowest BCUT2D eigenvalue weighted by molar-refractivity contribution is -0.134. The van der Waals surface area contributed by atoms with Crippen molar-refractivity contribution < 1.29 is 14.4 Å². The van der Waals surface area contributed by atoms with Crippen LogP contribution in [-0.2, 0) is 16.0 Å². The second kappa shape index (κ2) is 9.37. The van der Waals surface area contributed by atoms with Gasteiger partial charge in [-0.05, 0) is 78.5 Å². The average molecular weight is 513 g/mol. The molecule has 7 nitrogen and oxygen atoms in total. The molecule has 6 rings (SSSR count). The predicted molar refractivity (Wildman–Crippen MR) is 147 cm³/mol. The number of nitrogens with one attached hydrogen (secondary N) is 1. The van der Waals surface area contributed by atoms with E-state index in [0.29, 0.717) is 23.4 Å². The van der Waals surface area contributed by atoms with Crippen molar-refractivity contribution in [2.24, 2.45) is 11.3 Å². The van der Waals surface area contributed by atoms with Crippen LogP contribution >= 0.6 is 0 Å². The molecule has 0 spiro atoms. The third-order valence-electron chi connectivity index (χ3n) is 8.48. The van der Waals surface area contributed by atoms with E-state index in [1.54, 1.807) is 4.90 Å². The molecular weight excluding hydrogens is 476 g/mol. The number of aromatic nitrogens is 2. The molecule has 1 aliphatic carbocycles. The Labute approximate surface area is 223 Å². The first kappa shape index (κ1) is 24.8. The van der Waals surface area contributed by atoms with Crippen molar-refractivity contribution in [2.45, 2.75) is 84.2 Å². The summed E-state index contributed by atoms with van der Waals surface area (Å²) in [5, 5.41) is 9.05. The number of rotatable bonds is 5. The zero-order valence-electron chi connectivity index (χ0n) is 22.5. The molecule has 2 fully saturated rings. The molecule has 1 N–H and O–H groups in total. The molecule has 0 bridgehead atoms. The molecule has 198 valence electrons. The third-order valence-corrected chi connectivity index (χ3v) is 8.48. The number of imide groups is 1. The molecule has 3 amide bonds. The van der Waals surface area contributed by atoms with Crippen LogP contribution in [0.25, 0.3) is 10.8 Å². The van der Waals surface area contributed by atoms with Crippen molar-refractivity contribution in [3.8, 4) is 0 Å². The zero-order valence-corrected chi connectivity index (χ0v) is 22.5. The fourth-order valence-electron chi connectivity index (χ4n) is 6.83. The zero-order chi connectivity index (χ0) is 26.6. The third kappa shape index (κ3) is 4.52. The van der Waals surface area contributed by atoms with Crippen LogP contribution in [0.5, 0.6) is 0 Å². The molecule has 1 aromatic heterocycles. The quantitative estimate of drug-likeness (QED) is 0.454. The van der Waals surface area contributed by atoms with Crippen LogP contribution in [0.3, 0.4) is 0 Å². The van der Waals surface area contributed by atoms with Gasteiger partial charge in [-0.15, -0.1) is 0 Å². The average Bonchev–Trinajstić information content (AvgIpc) is 3.44. The van der Waals surface area contributed by atoms with Gasteiger partial charge < -0.3 is 0 Å². The van der Waals surface area contributed by atoms with Gasteiger partial charge >= 0.3 is 0 Å². The highest BCUT2D eigenvalue weighted by Gasteiger charge is 2.40. The Balaban J connectivity index is 1.22. The van der Waals surface area contributed by atoms with Crippen LogP contribution in [-0.4, -0.2) is 33.5 Å². The van der Waals surface area contributed by atoms with Crippen LogP contribution in [0.2, 0.25) is 0 Å². The highest BCUT2D eigenvalue weighted by molar-refractivity contribution is 6.27. The summed E-state index contributed by atoms with van der Waals surface area (Å²) in [6.45, 7) is 7.00. The van der Waals surface area contributed by atoms with E-state index in [1.807, 2.05) is 24.4 Å². The summed E-state index contributed by atoms with van der Waals surface area (Å²) in [6.07, 6.45) is 11.7. The smallest absolute Gasteiger partial charge is 0.259 e. The number of piperidine rings is 1. The van der Waals surface area contributed by atoms with Crippen molar-refractivity contribution >= 4 is 34.2 Å². The summed E-state index contributed by atoms with van der Waals surface area (Å²) in [5.74, 6) is -0.0432. The molecule has 2 aromatic carbocycles. The van der Waals surface area contributed by atoms with Crippen molar-refractivity contribution in [3.05, 3.63) is 59.4 Å². The van der Waals surface area contributed by atoms with Gasteiger partial charge in [0.25, 0.3) is 5.91 Å². The van der Waals surface area contributed by atoms with Crippen LogP contribution in [0.1, 0.15) is 93.2 Å². The molecule has 3 heterocycles. The molecule has 1 unspecified atom stereocenters.